The molecule has 4 nitrogen and oxygen atoms in total. The van der Waals surface area contributed by atoms with Gasteiger partial charge < -0.3 is 4.74 Å². The van der Waals surface area contributed by atoms with Crippen LogP contribution in [-0.2, 0) is 9.53 Å². The molecule has 0 radical (unpaired) electrons. The van der Waals surface area contributed by atoms with Crippen molar-refractivity contribution in [2.45, 2.75) is 16.8 Å². The summed E-state index contributed by atoms with van der Waals surface area (Å²) in [7, 11) is 0. The molecule has 0 N–H and O–H groups in total. The summed E-state index contributed by atoms with van der Waals surface area (Å²) in [6.07, 6.45) is 2.59. The number of hydrogen-bond donors (Lipinski definition) is 0. The molecule has 2 heterocycles. The van der Waals surface area contributed by atoms with Crippen LogP contribution in [0.2, 0.25) is 0 Å². The maximum Gasteiger partial charge on any atom is 0.319 e. The zero-order chi connectivity index (χ0) is 16.4. The maximum absolute atomic E-state index is 11.8. The molecule has 0 saturated carbocycles. The molecule has 24 heavy (non-hydrogen) atoms. The number of benzene rings is 2. The monoisotopic (exact) mass is 336 g/mol. The number of hydrogen-bond acceptors (Lipinski definition) is 4. The second-order valence-corrected chi connectivity index (χ2v) is 6.70. The molecule has 1 saturated heterocycles. The smallest absolute Gasteiger partial charge is 0.319 e. The molecule has 1 fully saturated rings. The third-order valence-corrected chi connectivity index (χ3v) is 5.16. The van der Waals surface area contributed by atoms with E-state index in [-0.39, 0.29) is 11.2 Å². The van der Waals surface area contributed by atoms with Crippen LogP contribution in [0.3, 0.4) is 0 Å². The Hall–Kier alpha value is -2.53. The predicted octanol–water partition coefficient (Wildman–Crippen LogP) is 3.95. The van der Waals surface area contributed by atoms with Crippen molar-refractivity contribution in [2.24, 2.45) is 0 Å². The largest absolute Gasteiger partial charge is 0.465 e. The molecule has 1 atom stereocenters. The number of aromatic nitrogens is 2. The lowest BCUT2D eigenvalue weighted by molar-refractivity contribution is -0.137. The summed E-state index contributed by atoms with van der Waals surface area (Å²) in [5, 5.41) is 0.627. The molecule has 1 aromatic heterocycles. The highest BCUT2D eigenvalue weighted by atomic mass is 32.2. The number of thioether (sulfide) groups is 1. The van der Waals surface area contributed by atoms with E-state index in [9.17, 15) is 4.79 Å². The summed E-state index contributed by atoms with van der Waals surface area (Å²) in [5.41, 5.74) is 3.13. The molecule has 0 spiro atoms. The molecular formula is C19H16N2O2S. The molecule has 1 aliphatic rings. The van der Waals surface area contributed by atoms with Crippen molar-refractivity contribution in [3.8, 4) is 16.9 Å². The predicted molar refractivity (Wildman–Crippen MR) is 94.2 cm³/mol. The van der Waals surface area contributed by atoms with E-state index in [4.69, 9.17) is 4.74 Å². The third kappa shape index (κ3) is 2.83. The first-order valence-electron chi connectivity index (χ1n) is 7.85. The van der Waals surface area contributed by atoms with Crippen molar-refractivity contribution in [3.05, 3.63) is 66.9 Å². The van der Waals surface area contributed by atoms with Gasteiger partial charge in [0.15, 0.2) is 5.16 Å². The highest BCUT2D eigenvalue weighted by molar-refractivity contribution is 8.00. The summed E-state index contributed by atoms with van der Waals surface area (Å²) in [6.45, 7) is 0.494. The SMILES string of the molecule is O=C1OCC[C@H]1Sc1ncc(-c2ccccc2)n1-c1ccccc1. The Morgan fingerprint density at radius 2 is 1.75 bits per heavy atom. The summed E-state index contributed by atoms with van der Waals surface area (Å²) < 4.78 is 7.18. The molecule has 1 aliphatic heterocycles. The number of imidazole rings is 1. The number of carbonyl (C=O) groups is 1. The number of para-hydroxylation sites is 1. The van der Waals surface area contributed by atoms with Gasteiger partial charge in [-0.25, -0.2) is 4.98 Å². The van der Waals surface area contributed by atoms with Crippen molar-refractivity contribution in [2.75, 3.05) is 6.61 Å². The molecule has 5 heteroatoms. The summed E-state index contributed by atoms with van der Waals surface area (Å²) in [4.78, 5) is 16.4. The summed E-state index contributed by atoms with van der Waals surface area (Å²) in [6, 6.07) is 20.2. The molecular weight excluding hydrogens is 320 g/mol. The van der Waals surface area contributed by atoms with Crippen LogP contribution in [0.15, 0.2) is 72.0 Å². The fourth-order valence-corrected chi connectivity index (χ4v) is 3.82. The molecule has 3 aromatic rings. The van der Waals surface area contributed by atoms with Crippen LogP contribution in [0.4, 0.5) is 0 Å². The van der Waals surface area contributed by atoms with Gasteiger partial charge in [-0.15, -0.1) is 0 Å². The standard InChI is InChI=1S/C19H16N2O2S/c22-18-17(11-12-23-18)24-19-20-13-16(14-7-3-1-4-8-14)21(19)15-9-5-2-6-10-15/h1-10,13,17H,11-12H2/t17-/m1/s1. The van der Waals surface area contributed by atoms with Gasteiger partial charge in [0, 0.05) is 17.7 Å². The van der Waals surface area contributed by atoms with Crippen LogP contribution in [0.25, 0.3) is 16.9 Å². The number of cyclic esters (lactones) is 1. The third-order valence-electron chi connectivity index (χ3n) is 3.95. The first kappa shape index (κ1) is 15.0. The van der Waals surface area contributed by atoms with E-state index in [1.807, 2.05) is 54.7 Å². The van der Waals surface area contributed by atoms with Crippen molar-refractivity contribution in [1.29, 1.82) is 0 Å². The normalized spacial score (nSPS) is 17.0. The zero-order valence-corrected chi connectivity index (χ0v) is 13.8. The molecule has 0 aliphatic carbocycles. The molecule has 4 rings (SSSR count). The molecule has 2 aromatic carbocycles. The van der Waals surface area contributed by atoms with E-state index < -0.39 is 0 Å². The Balaban J connectivity index is 1.79. The number of esters is 1. The van der Waals surface area contributed by atoms with Crippen LogP contribution in [-0.4, -0.2) is 27.4 Å². The minimum absolute atomic E-state index is 0.149. The Morgan fingerprint density at radius 1 is 1.04 bits per heavy atom. The van der Waals surface area contributed by atoms with Crippen LogP contribution in [0, 0.1) is 0 Å². The Labute approximate surface area is 144 Å². The van der Waals surface area contributed by atoms with Gasteiger partial charge in [0.25, 0.3) is 0 Å². The number of nitrogens with zero attached hydrogens (tertiary/aromatic N) is 2. The van der Waals surface area contributed by atoms with Crippen molar-refractivity contribution < 1.29 is 9.53 Å². The van der Waals surface area contributed by atoms with E-state index >= 15 is 0 Å². The fourth-order valence-electron chi connectivity index (χ4n) is 2.77. The van der Waals surface area contributed by atoms with Gasteiger partial charge in [-0.3, -0.25) is 9.36 Å². The van der Waals surface area contributed by atoms with Gasteiger partial charge in [0.05, 0.1) is 18.5 Å². The topological polar surface area (TPSA) is 44.1 Å². The van der Waals surface area contributed by atoms with E-state index in [2.05, 4.69) is 21.7 Å². The molecule has 0 bridgehead atoms. The Morgan fingerprint density at radius 3 is 2.42 bits per heavy atom. The maximum atomic E-state index is 11.8. The van der Waals surface area contributed by atoms with E-state index in [0.717, 1.165) is 28.5 Å². The second kappa shape index (κ2) is 6.53. The van der Waals surface area contributed by atoms with Crippen LogP contribution >= 0.6 is 11.8 Å². The van der Waals surface area contributed by atoms with Gasteiger partial charge >= 0.3 is 5.97 Å². The highest BCUT2D eigenvalue weighted by Gasteiger charge is 2.29. The number of carbonyl (C=O) groups excluding carboxylic acids is 1. The fraction of sp³-hybridized carbons (Fsp3) is 0.158. The van der Waals surface area contributed by atoms with Crippen molar-refractivity contribution in [3.63, 3.8) is 0 Å². The first-order valence-corrected chi connectivity index (χ1v) is 8.73. The van der Waals surface area contributed by atoms with Gasteiger partial charge in [0.2, 0.25) is 0 Å². The number of rotatable bonds is 4. The van der Waals surface area contributed by atoms with E-state index in [1.54, 1.807) is 0 Å². The first-order chi connectivity index (χ1) is 11.8. The summed E-state index contributed by atoms with van der Waals surface area (Å²) >= 11 is 1.47. The van der Waals surface area contributed by atoms with Crippen LogP contribution in [0.1, 0.15) is 6.42 Å². The van der Waals surface area contributed by atoms with Gasteiger partial charge in [-0.05, 0) is 12.1 Å². The lowest BCUT2D eigenvalue weighted by atomic mass is 10.1. The van der Waals surface area contributed by atoms with E-state index in [0.29, 0.717) is 6.61 Å². The second-order valence-electron chi connectivity index (χ2n) is 5.53. The average molecular weight is 336 g/mol. The average Bonchev–Trinajstić information content (AvgIpc) is 3.23. The Kier molecular flexibility index (Phi) is 4.09. The summed E-state index contributed by atoms with van der Waals surface area (Å²) in [5.74, 6) is -0.149. The van der Waals surface area contributed by atoms with Gasteiger partial charge in [0.1, 0.15) is 5.25 Å². The van der Waals surface area contributed by atoms with Gasteiger partial charge in [-0.2, -0.15) is 0 Å². The lowest BCUT2D eigenvalue weighted by Gasteiger charge is -2.13. The van der Waals surface area contributed by atoms with E-state index in [1.165, 1.54) is 11.8 Å². The number of ether oxygens (including phenoxy) is 1. The molecule has 0 unspecified atom stereocenters. The van der Waals surface area contributed by atoms with Crippen LogP contribution < -0.4 is 0 Å². The van der Waals surface area contributed by atoms with Crippen molar-refractivity contribution >= 4 is 17.7 Å². The van der Waals surface area contributed by atoms with Crippen LogP contribution in [0.5, 0.6) is 0 Å². The minimum atomic E-state index is -0.182. The lowest BCUT2D eigenvalue weighted by Crippen LogP contribution is -2.11. The zero-order valence-electron chi connectivity index (χ0n) is 13.0. The molecule has 0 amide bonds. The quantitative estimate of drug-likeness (QED) is 0.677. The van der Waals surface area contributed by atoms with Crippen molar-refractivity contribution in [1.82, 2.24) is 9.55 Å². The molecule has 120 valence electrons. The van der Waals surface area contributed by atoms with Gasteiger partial charge in [-0.1, -0.05) is 60.3 Å². The highest BCUT2D eigenvalue weighted by Crippen LogP contribution is 2.34. The Bertz CT molecular complexity index is 846. The minimum Gasteiger partial charge on any atom is -0.465 e.